The number of pyridine rings is 1. The number of aromatic nitrogens is 5. The first-order valence-corrected chi connectivity index (χ1v) is 11.6. The van der Waals surface area contributed by atoms with Crippen LogP contribution in [0.25, 0.3) is 16.6 Å². The van der Waals surface area contributed by atoms with Gasteiger partial charge in [0.05, 0.1) is 35.0 Å². The smallest absolute Gasteiger partial charge is 0.273 e. The number of hydrogen-bond acceptors (Lipinski definition) is 7. The number of benzene rings is 1. The van der Waals surface area contributed by atoms with Crippen molar-refractivity contribution >= 4 is 26.6 Å². The van der Waals surface area contributed by atoms with Crippen LogP contribution in [0, 0.1) is 5.82 Å². The van der Waals surface area contributed by atoms with E-state index in [0.29, 0.717) is 28.6 Å². The fourth-order valence-corrected chi connectivity index (χ4v) is 3.84. The van der Waals surface area contributed by atoms with Crippen LogP contribution in [0.2, 0.25) is 0 Å². The number of fused-ring (bicyclic) bond motifs is 1. The molecule has 0 unspecified atom stereocenters. The maximum atomic E-state index is 13.2. The second kappa shape index (κ2) is 8.42. The second-order valence-corrected chi connectivity index (χ2v) is 9.12. The summed E-state index contributed by atoms with van der Waals surface area (Å²) in [7, 11) is -3.41. The van der Waals surface area contributed by atoms with E-state index in [-0.39, 0.29) is 16.5 Å². The summed E-state index contributed by atoms with van der Waals surface area (Å²) in [6, 6.07) is 8.40. The predicted molar refractivity (Wildman–Crippen MR) is 114 cm³/mol. The van der Waals surface area contributed by atoms with E-state index in [4.69, 9.17) is 0 Å². The Morgan fingerprint density at radius 1 is 1.12 bits per heavy atom. The van der Waals surface area contributed by atoms with Crippen molar-refractivity contribution < 1.29 is 17.6 Å². The molecule has 9 nitrogen and oxygen atoms in total. The third-order valence-corrected chi connectivity index (χ3v) is 5.94. The lowest BCUT2D eigenvalue weighted by atomic mass is 10.1. The minimum Gasteiger partial charge on any atom is -0.344 e. The quantitative estimate of drug-likeness (QED) is 0.475. The third-order valence-electron chi connectivity index (χ3n) is 4.94. The van der Waals surface area contributed by atoms with Crippen LogP contribution >= 0.6 is 0 Å². The van der Waals surface area contributed by atoms with Gasteiger partial charge in [-0.15, -0.1) is 5.10 Å². The lowest BCUT2D eigenvalue weighted by Gasteiger charge is -2.17. The Hall–Kier alpha value is -3.73. The normalized spacial score (nSPS) is 12.6. The topological polar surface area (TPSA) is 120 Å². The first-order chi connectivity index (χ1) is 15.3. The number of hydrogen-bond donors (Lipinski definition) is 1. The zero-order valence-corrected chi connectivity index (χ0v) is 18.0. The molecule has 0 saturated carbocycles. The van der Waals surface area contributed by atoms with Crippen LogP contribution < -0.4 is 5.32 Å². The lowest BCUT2D eigenvalue weighted by molar-refractivity contribution is 0.0931. The molecule has 1 amide bonds. The van der Waals surface area contributed by atoms with E-state index in [1.807, 2.05) is 6.92 Å². The Morgan fingerprint density at radius 3 is 2.50 bits per heavy atom. The Balaban J connectivity index is 1.62. The molecule has 164 valence electrons. The zero-order valence-electron chi connectivity index (χ0n) is 17.2. The van der Waals surface area contributed by atoms with E-state index in [1.54, 1.807) is 22.9 Å². The number of amides is 1. The monoisotopic (exact) mass is 454 g/mol. The van der Waals surface area contributed by atoms with E-state index in [2.05, 4.69) is 25.6 Å². The summed E-state index contributed by atoms with van der Waals surface area (Å²) < 4.78 is 38.0. The molecule has 0 bridgehead atoms. The Kier molecular flexibility index (Phi) is 5.66. The van der Waals surface area contributed by atoms with Crippen LogP contribution in [0.1, 0.15) is 35.4 Å². The molecule has 4 rings (SSSR count). The number of nitrogens with zero attached hydrogens (tertiary/aromatic N) is 5. The van der Waals surface area contributed by atoms with Crippen LogP contribution in [-0.4, -0.2) is 45.5 Å². The highest BCUT2D eigenvalue weighted by Gasteiger charge is 2.21. The number of carbonyl (C=O) groups is 1. The van der Waals surface area contributed by atoms with Crippen molar-refractivity contribution in [2.75, 3.05) is 6.26 Å². The molecule has 1 atom stereocenters. The Morgan fingerprint density at radius 2 is 1.88 bits per heavy atom. The summed E-state index contributed by atoms with van der Waals surface area (Å²) in [4.78, 5) is 17.0. The van der Waals surface area contributed by atoms with Gasteiger partial charge in [0.15, 0.2) is 20.6 Å². The van der Waals surface area contributed by atoms with E-state index in [1.165, 1.54) is 36.8 Å². The molecule has 32 heavy (non-hydrogen) atoms. The zero-order chi connectivity index (χ0) is 22.9. The van der Waals surface area contributed by atoms with Gasteiger partial charge in [0.1, 0.15) is 5.82 Å². The highest BCUT2D eigenvalue weighted by Crippen LogP contribution is 2.22. The van der Waals surface area contributed by atoms with E-state index < -0.39 is 21.8 Å². The Bertz CT molecular complexity index is 1390. The summed E-state index contributed by atoms with van der Waals surface area (Å²) in [5, 5.41) is 15.6. The van der Waals surface area contributed by atoms with Crippen molar-refractivity contribution in [2.45, 2.75) is 24.4 Å². The summed E-state index contributed by atoms with van der Waals surface area (Å²) >= 11 is 0. The second-order valence-electron chi connectivity index (χ2n) is 7.16. The lowest BCUT2D eigenvalue weighted by Crippen LogP contribution is -2.29. The molecule has 4 aromatic rings. The van der Waals surface area contributed by atoms with Gasteiger partial charge < -0.3 is 5.32 Å². The molecule has 1 N–H and O–H groups in total. The Labute approximate surface area is 183 Å². The summed E-state index contributed by atoms with van der Waals surface area (Å²) in [6.07, 6.45) is 6.05. The van der Waals surface area contributed by atoms with Gasteiger partial charge in [0.25, 0.3) is 5.91 Å². The molecule has 0 aliphatic carbocycles. The fraction of sp³-hybridized carbons (Fsp3) is 0.190. The van der Waals surface area contributed by atoms with Gasteiger partial charge in [-0.05, 0) is 42.3 Å². The molecule has 11 heteroatoms. The predicted octanol–water partition coefficient (Wildman–Crippen LogP) is 2.63. The van der Waals surface area contributed by atoms with Gasteiger partial charge in [-0.1, -0.05) is 13.0 Å². The molecule has 1 aromatic carbocycles. The van der Waals surface area contributed by atoms with Gasteiger partial charge in [-0.25, -0.2) is 22.5 Å². The van der Waals surface area contributed by atoms with Crippen molar-refractivity contribution in [2.24, 2.45) is 0 Å². The molecule has 0 aliphatic heterocycles. The minimum absolute atomic E-state index is 0.0359. The highest BCUT2D eigenvalue weighted by atomic mass is 32.2. The average Bonchev–Trinajstić information content (AvgIpc) is 3.21. The number of sulfone groups is 1. The average molecular weight is 454 g/mol. The van der Waals surface area contributed by atoms with E-state index in [9.17, 15) is 17.6 Å². The van der Waals surface area contributed by atoms with Crippen LogP contribution in [0.3, 0.4) is 0 Å². The van der Waals surface area contributed by atoms with Crippen molar-refractivity contribution in [1.82, 2.24) is 30.3 Å². The SMILES string of the molecule is CC[C@H](NC(=O)c1nncc2c1cnn2-c1ccc(F)cc1)c1ccc(S(C)(=O)=O)nc1. The van der Waals surface area contributed by atoms with Crippen molar-refractivity contribution in [3.63, 3.8) is 0 Å². The number of nitrogens with one attached hydrogen (secondary N) is 1. The van der Waals surface area contributed by atoms with Crippen molar-refractivity contribution in [3.8, 4) is 5.69 Å². The standard InChI is InChI=1S/C21H19FN6O3S/c1-3-17(13-4-9-19(23-10-13)32(2,30)31)26-21(29)20-16-11-25-28(18(16)12-24-27-20)15-7-5-14(22)6-8-15/h4-12,17H,3H2,1-2H3,(H,26,29)/t17-/m0/s1. The third kappa shape index (κ3) is 4.19. The molecule has 0 aliphatic rings. The number of rotatable bonds is 6. The summed E-state index contributed by atoms with van der Waals surface area (Å²) in [5.74, 6) is -0.824. The molecule has 0 spiro atoms. The number of carbonyl (C=O) groups excluding carboxylic acids is 1. The molecule has 3 aromatic heterocycles. The van der Waals surface area contributed by atoms with Gasteiger partial charge >= 0.3 is 0 Å². The molecule has 0 saturated heterocycles. The maximum absolute atomic E-state index is 13.2. The van der Waals surface area contributed by atoms with E-state index >= 15 is 0 Å². The van der Waals surface area contributed by atoms with Crippen LogP contribution in [-0.2, 0) is 9.84 Å². The molecule has 0 fully saturated rings. The number of halogens is 1. The summed E-state index contributed by atoms with van der Waals surface area (Å²) in [6.45, 7) is 1.88. The van der Waals surface area contributed by atoms with Crippen LogP contribution in [0.15, 0.2) is 60.0 Å². The molecule has 0 radical (unpaired) electrons. The van der Waals surface area contributed by atoms with E-state index in [0.717, 1.165) is 6.26 Å². The largest absolute Gasteiger partial charge is 0.344 e. The highest BCUT2D eigenvalue weighted by molar-refractivity contribution is 7.90. The minimum atomic E-state index is -3.41. The maximum Gasteiger partial charge on any atom is 0.273 e. The molecular formula is C21H19FN6O3S. The van der Waals surface area contributed by atoms with Gasteiger partial charge in [0.2, 0.25) is 0 Å². The molecular weight excluding hydrogens is 435 g/mol. The van der Waals surface area contributed by atoms with Crippen molar-refractivity contribution in [1.29, 1.82) is 0 Å². The van der Waals surface area contributed by atoms with Gasteiger partial charge in [-0.3, -0.25) is 4.79 Å². The van der Waals surface area contributed by atoms with Crippen LogP contribution in [0.5, 0.6) is 0 Å². The first-order valence-electron chi connectivity index (χ1n) is 9.70. The van der Waals surface area contributed by atoms with Gasteiger partial charge in [0, 0.05) is 12.5 Å². The molecule has 3 heterocycles. The summed E-state index contributed by atoms with van der Waals surface area (Å²) in [5.41, 5.74) is 1.92. The fourth-order valence-electron chi connectivity index (χ4n) is 3.28. The van der Waals surface area contributed by atoms with Crippen molar-refractivity contribution in [3.05, 3.63) is 72.1 Å². The van der Waals surface area contributed by atoms with Gasteiger partial charge in [-0.2, -0.15) is 10.2 Å². The van der Waals surface area contributed by atoms with Crippen LogP contribution in [0.4, 0.5) is 4.39 Å². The first kappa shape index (κ1) is 21.5.